The SMILES string of the molecule is CNCCC1(C(=O)NC(Cc2ccc(NC(=O)c3c(Cl)cccc3Cl)cc2)C(=O)OC)CCCC1. The van der Waals surface area contributed by atoms with Gasteiger partial charge in [0, 0.05) is 12.1 Å². The molecule has 0 aromatic heterocycles. The molecule has 188 valence electrons. The average Bonchev–Trinajstić information content (AvgIpc) is 3.33. The largest absolute Gasteiger partial charge is 0.467 e. The third-order valence-corrected chi connectivity index (χ3v) is 7.16. The van der Waals surface area contributed by atoms with Crippen LogP contribution in [0.1, 0.15) is 48.0 Å². The van der Waals surface area contributed by atoms with Crippen molar-refractivity contribution in [2.75, 3.05) is 26.0 Å². The van der Waals surface area contributed by atoms with Gasteiger partial charge in [0.1, 0.15) is 6.04 Å². The Balaban J connectivity index is 1.68. The number of methoxy groups -OCH3 is 1. The maximum atomic E-state index is 13.2. The molecule has 0 heterocycles. The standard InChI is InChI=1S/C26H31Cl2N3O4/c1-29-15-14-26(12-3-4-13-26)25(34)31-21(24(33)35-2)16-17-8-10-18(11-9-17)30-23(32)22-19(27)6-5-7-20(22)28/h5-11,21,29H,3-4,12-16H2,1-2H3,(H,30,32)(H,31,34). The van der Waals surface area contributed by atoms with Crippen LogP contribution in [0, 0.1) is 5.41 Å². The van der Waals surface area contributed by atoms with Gasteiger partial charge < -0.3 is 20.7 Å². The second-order valence-corrected chi connectivity index (χ2v) is 9.66. The molecule has 1 saturated carbocycles. The first-order valence-electron chi connectivity index (χ1n) is 11.7. The molecule has 9 heteroatoms. The lowest BCUT2D eigenvalue weighted by atomic mass is 9.81. The number of halogens is 2. The summed E-state index contributed by atoms with van der Waals surface area (Å²) >= 11 is 12.2. The van der Waals surface area contributed by atoms with Crippen molar-refractivity contribution in [2.45, 2.75) is 44.6 Å². The maximum absolute atomic E-state index is 13.2. The molecule has 7 nitrogen and oxygen atoms in total. The molecule has 0 radical (unpaired) electrons. The Kier molecular flexibility index (Phi) is 9.55. The summed E-state index contributed by atoms with van der Waals surface area (Å²) in [4.78, 5) is 38.3. The summed E-state index contributed by atoms with van der Waals surface area (Å²) in [5, 5.41) is 9.37. The molecule has 1 aliphatic carbocycles. The molecule has 0 spiro atoms. The van der Waals surface area contributed by atoms with Crippen molar-refractivity contribution in [3.8, 4) is 0 Å². The summed E-state index contributed by atoms with van der Waals surface area (Å²) in [5.74, 6) is -1.01. The molecule has 2 aromatic carbocycles. The number of benzene rings is 2. The van der Waals surface area contributed by atoms with E-state index < -0.39 is 23.3 Å². The van der Waals surface area contributed by atoms with Gasteiger partial charge in [0.05, 0.1) is 28.1 Å². The van der Waals surface area contributed by atoms with Crippen LogP contribution in [0.5, 0.6) is 0 Å². The molecule has 0 aliphatic heterocycles. The van der Waals surface area contributed by atoms with Crippen molar-refractivity contribution < 1.29 is 19.1 Å². The first kappa shape index (κ1) is 27.0. The molecule has 0 saturated heterocycles. The lowest BCUT2D eigenvalue weighted by Gasteiger charge is -2.29. The van der Waals surface area contributed by atoms with Crippen LogP contribution in [0.2, 0.25) is 10.0 Å². The molecule has 35 heavy (non-hydrogen) atoms. The van der Waals surface area contributed by atoms with Gasteiger partial charge in [-0.25, -0.2) is 4.79 Å². The number of carbonyl (C=O) groups is 3. The van der Waals surface area contributed by atoms with Crippen molar-refractivity contribution >= 4 is 46.7 Å². The fraction of sp³-hybridized carbons (Fsp3) is 0.423. The van der Waals surface area contributed by atoms with Gasteiger partial charge in [-0.1, -0.05) is 54.2 Å². The molecule has 0 bridgehead atoms. The Hall–Kier alpha value is -2.61. The van der Waals surface area contributed by atoms with Crippen LogP contribution < -0.4 is 16.0 Å². The van der Waals surface area contributed by atoms with Crippen molar-refractivity contribution in [1.82, 2.24) is 10.6 Å². The monoisotopic (exact) mass is 519 g/mol. The van der Waals surface area contributed by atoms with Gasteiger partial charge in [0.25, 0.3) is 5.91 Å². The highest BCUT2D eigenvalue weighted by molar-refractivity contribution is 6.40. The fourth-order valence-corrected chi connectivity index (χ4v) is 5.09. The van der Waals surface area contributed by atoms with Crippen LogP contribution in [0.4, 0.5) is 5.69 Å². The molecule has 2 aromatic rings. The quantitative estimate of drug-likeness (QED) is 0.398. The van der Waals surface area contributed by atoms with E-state index in [1.807, 2.05) is 7.05 Å². The Labute approximate surface area is 215 Å². The first-order valence-corrected chi connectivity index (χ1v) is 12.4. The molecule has 1 atom stereocenters. The first-order chi connectivity index (χ1) is 16.8. The van der Waals surface area contributed by atoms with Gasteiger partial charge >= 0.3 is 5.97 Å². The Morgan fingerprint density at radius 3 is 2.23 bits per heavy atom. The van der Waals surface area contributed by atoms with Gasteiger partial charge in [-0.15, -0.1) is 0 Å². The van der Waals surface area contributed by atoms with Gasteiger partial charge in [0.2, 0.25) is 5.91 Å². The third-order valence-electron chi connectivity index (χ3n) is 6.53. The van der Waals surface area contributed by atoms with Gasteiger partial charge in [-0.2, -0.15) is 0 Å². The van der Waals surface area contributed by atoms with Crippen LogP contribution in [-0.2, 0) is 20.7 Å². The molecule has 2 amide bonds. The minimum atomic E-state index is -0.804. The van der Waals surface area contributed by atoms with E-state index in [1.165, 1.54) is 7.11 Å². The lowest BCUT2D eigenvalue weighted by Crippen LogP contribution is -2.49. The fourth-order valence-electron chi connectivity index (χ4n) is 4.52. The number of hydrogen-bond donors (Lipinski definition) is 3. The van der Waals surface area contributed by atoms with E-state index in [0.717, 1.165) is 44.2 Å². The summed E-state index contributed by atoms with van der Waals surface area (Å²) in [7, 11) is 3.18. The second kappa shape index (κ2) is 12.4. The molecule has 1 fully saturated rings. The predicted molar refractivity (Wildman–Crippen MR) is 138 cm³/mol. The molecule has 3 N–H and O–H groups in total. The predicted octanol–water partition coefficient (Wildman–Crippen LogP) is 4.62. The highest BCUT2D eigenvalue weighted by atomic mass is 35.5. The van der Waals surface area contributed by atoms with Gasteiger partial charge in [-0.05, 0) is 62.7 Å². The van der Waals surface area contributed by atoms with Crippen LogP contribution in [0.25, 0.3) is 0 Å². The summed E-state index contributed by atoms with van der Waals surface area (Å²) in [5.41, 5.74) is 1.10. The third kappa shape index (κ3) is 6.75. The topological polar surface area (TPSA) is 96.5 Å². The smallest absolute Gasteiger partial charge is 0.328 e. The number of hydrogen-bond acceptors (Lipinski definition) is 5. The molecule has 1 aliphatic rings. The number of rotatable bonds is 10. The van der Waals surface area contributed by atoms with Crippen molar-refractivity contribution in [3.05, 3.63) is 63.6 Å². The van der Waals surface area contributed by atoms with E-state index in [4.69, 9.17) is 27.9 Å². The van der Waals surface area contributed by atoms with Crippen LogP contribution >= 0.6 is 23.2 Å². The highest BCUT2D eigenvalue weighted by Gasteiger charge is 2.41. The minimum Gasteiger partial charge on any atom is -0.467 e. The van der Waals surface area contributed by atoms with E-state index in [-0.39, 0.29) is 27.9 Å². The normalized spacial score (nSPS) is 15.3. The minimum absolute atomic E-state index is 0.0962. The Bertz CT molecular complexity index is 1030. The molecule has 1 unspecified atom stereocenters. The van der Waals surface area contributed by atoms with E-state index in [1.54, 1.807) is 42.5 Å². The summed E-state index contributed by atoms with van der Waals surface area (Å²) in [6, 6.07) is 11.1. The van der Waals surface area contributed by atoms with Crippen molar-refractivity contribution in [2.24, 2.45) is 5.41 Å². The van der Waals surface area contributed by atoms with Gasteiger partial charge in [-0.3, -0.25) is 9.59 Å². The zero-order valence-electron chi connectivity index (χ0n) is 20.0. The summed E-state index contributed by atoms with van der Waals surface area (Å²) < 4.78 is 4.96. The molecular weight excluding hydrogens is 489 g/mol. The second-order valence-electron chi connectivity index (χ2n) is 8.84. The van der Waals surface area contributed by atoms with E-state index in [2.05, 4.69) is 16.0 Å². The molecular formula is C26H31Cl2N3O4. The van der Waals surface area contributed by atoms with Crippen molar-refractivity contribution in [1.29, 1.82) is 0 Å². The molecule has 3 rings (SSSR count). The van der Waals surface area contributed by atoms with Crippen LogP contribution in [0.3, 0.4) is 0 Å². The number of anilines is 1. The average molecular weight is 520 g/mol. The lowest BCUT2D eigenvalue weighted by molar-refractivity contribution is -0.146. The van der Waals surface area contributed by atoms with E-state index in [9.17, 15) is 14.4 Å². The van der Waals surface area contributed by atoms with Crippen LogP contribution in [-0.4, -0.2) is 44.5 Å². The Morgan fingerprint density at radius 1 is 1.03 bits per heavy atom. The van der Waals surface area contributed by atoms with Crippen molar-refractivity contribution in [3.63, 3.8) is 0 Å². The summed E-state index contributed by atoms with van der Waals surface area (Å²) in [6.07, 6.45) is 4.65. The summed E-state index contributed by atoms with van der Waals surface area (Å²) in [6.45, 7) is 0.739. The number of amides is 2. The number of esters is 1. The zero-order chi connectivity index (χ0) is 25.4. The number of carbonyl (C=O) groups excluding carboxylic acids is 3. The number of nitrogens with one attached hydrogen (secondary N) is 3. The zero-order valence-corrected chi connectivity index (χ0v) is 21.5. The van der Waals surface area contributed by atoms with Gasteiger partial charge in [0.15, 0.2) is 0 Å². The van der Waals surface area contributed by atoms with E-state index in [0.29, 0.717) is 5.69 Å². The van der Waals surface area contributed by atoms with E-state index >= 15 is 0 Å². The number of ether oxygens (including phenoxy) is 1. The van der Waals surface area contributed by atoms with Crippen LogP contribution in [0.15, 0.2) is 42.5 Å². The Morgan fingerprint density at radius 2 is 1.66 bits per heavy atom. The highest BCUT2D eigenvalue weighted by Crippen LogP contribution is 2.41. The maximum Gasteiger partial charge on any atom is 0.328 e.